The van der Waals surface area contributed by atoms with Crippen molar-refractivity contribution in [3.05, 3.63) is 154 Å². The van der Waals surface area contributed by atoms with Crippen molar-refractivity contribution < 1.29 is 33.7 Å². The molecule has 1 atom stereocenters. The van der Waals surface area contributed by atoms with Crippen LogP contribution < -0.4 is 25.8 Å². The second-order valence-corrected chi connectivity index (χ2v) is 25.8. The Labute approximate surface area is 413 Å². The summed E-state index contributed by atoms with van der Waals surface area (Å²) in [6.07, 6.45) is 3.33. The molecule has 5 aromatic carbocycles. The van der Waals surface area contributed by atoms with Gasteiger partial charge in [0.2, 0.25) is 5.56 Å². The number of benzene rings is 5. The zero-order valence-corrected chi connectivity index (χ0v) is 42.9. The number of carbonyl (C=O) groups excluding carboxylic acids is 1. The van der Waals surface area contributed by atoms with Crippen LogP contribution >= 0.6 is 0 Å². The molecule has 6 aromatic rings. The first kappa shape index (κ1) is 51.4. The zero-order chi connectivity index (χ0) is 50.2. The molecule has 1 aromatic heterocycles. The van der Waals surface area contributed by atoms with Crippen LogP contribution in [-0.4, -0.2) is 59.9 Å². The number of nitrogens with zero attached hydrogens (tertiary/aromatic N) is 1. The summed E-state index contributed by atoms with van der Waals surface area (Å²) in [6.45, 7) is 17.7. The number of anilines is 1. The number of phenols is 1. The van der Waals surface area contributed by atoms with Crippen LogP contribution in [0.5, 0.6) is 17.2 Å². The molecule has 1 heterocycles. The van der Waals surface area contributed by atoms with E-state index in [9.17, 15) is 24.6 Å². The molecule has 0 spiro atoms. The van der Waals surface area contributed by atoms with Gasteiger partial charge in [-0.25, -0.2) is 9.59 Å². The molecule has 13 heteroatoms. The lowest BCUT2D eigenvalue weighted by atomic mass is 9.89. The van der Waals surface area contributed by atoms with Gasteiger partial charge in [-0.05, 0) is 154 Å². The fourth-order valence-electron chi connectivity index (χ4n) is 8.87. The molecule has 1 saturated carbocycles. The molecule has 1 aliphatic rings. The Kier molecular flexibility index (Phi) is 16.3. The second-order valence-electron chi connectivity index (χ2n) is 21.0. The SMILES string of the molecule is CC(C)(C)OC(=O)NC1CCC(N(C(=O)O)c2cc(CCCc3ccc(Oc4ccc(CNC[C@H](O[Si](C)(C)C(C)(C)C)c5ccc(O)c6[nH]c(=O)ccc56)cc4)cc3)ccc2-c2ccccc2)CC1. The fourth-order valence-corrected chi connectivity index (χ4v) is 10.1. The van der Waals surface area contributed by atoms with E-state index in [1.807, 2.05) is 99.6 Å². The van der Waals surface area contributed by atoms with E-state index in [4.69, 9.17) is 13.9 Å². The molecule has 7 rings (SSSR count). The van der Waals surface area contributed by atoms with Crippen molar-refractivity contribution in [1.29, 1.82) is 0 Å². The monoisotopic (exact) mass is 966 g/mol. The number of hydrogen-bond donors (Lipinski definition) is 5. The minimum absolute atomic E-state index is 0.0203. The van der Waals surface area contributed by atoms with Gasteiger partial charge < -0.3 is 39.7 Å². The number of pyridine rings is 1. The third-order valence-corrected chi connectivity index (χ3v) is 18.1. The molecule has 0 bridgehead atoms. The summed E-state index contributed by atoms with van der Waals surface area (Å²) in [4.78, 5) is 42.0. The Bertz CT molecular complexity index is 2770. The lowest BCUT2D eigenvalue weighted by Crippen LogP contribution is -2.47. The van der Waals surface area contributed by atoms with Crippen molar-refractivity contribution in [3.8, 4) is 28.4 Å². The Hall–Kier alpha value is -6.41. The number of rotatable bonds is 17. The summed E-state index contributed by atoms with van der Waals surface area (Å²) in [6, 6.07) is 38.8. The number of aryl methyl sites for hydroxylation is 2. The van der Waals surface area contributed by atoms with Crippen LogP contribution in [0.3, 0.4) is 0 Å². The van der Waals surface area contributed by atoms with Gasteiger partial charge in [0.25, 0.3) is 0 Å². The van der Waals surface area contributed by atoms with E-state index in [2.05, 4.69) is 73.7 Å². The van der Waals surface area contributed by atoms with Gasteiger partial charge in [0, 0.05) is 42.2 Å². The van der Waals surface area contributed by atoms with Crippen LogP contribution in [0.25, 0.3) is 22.0 Å². The predicted octanol–water partition coefficient (Wildman–Crippen LogP) is 13.0. The third kappa shape index (κ3) is 13.5. The van der Waals surface area contributed by atoms with Crippen molar-refractivity contribution in [2.24, 2.45) is 0 Å². The maximum absolute atomic E-state index is 13.1. The first-order valence-electron chi connectivity index (χ1n) is 24.5. The number of aromatic amines is 1. The number of nitrogens with one attached hydrogen (secondary N) is 3. The summed E-state index contributed by atoms with van der Waals surface area (Å²) in [5.41, 5.74) is 6.32. The summed E-state index contributed by atoms with van der Waals surface area (Å²) in [5, 5.41) is 28.6. The smallest absolute Gasteiger partial charge is 0.412 e. The van der Waals surface area contributed by atoms with Crippen molar-refractivity contribution in [2.75, 3.05) is 11.4 Å². The van der Waals surface area contributed by atoms with Crippen LogP contribution in [0.15, 0.2) is 126 Å². The number of carbonyl (C=O) groups is 2. The summed E-state index contributed by atoms with van der Waals surface area (Å²) in [5.74, 6) is 1.50. The molecule has 1 fully saturated rings. The maximum atomic E-state index is 13.1. The molecule has 0 saturated heterocycles. The van der Waals surface area contributed by atoms with Gasteiger partial charge in [-0.1, -0.05) is 93.6 Å². The van der Waals surface area contributed by atoms with Gasteiger partial charge in [0.05, 0.1) is 17.3 Å². The number of H-pyrrole nitrogens is 1. The van der Waals surface area contributed by atoms with Gasteiger partial charge in [-0.15, -0.1) is 0 Å². The van der Waals surface area contributed by atoms with E-state index in [-0.39, 0.29) is 34.5 Å². The van der Waals surface area contributed by atoms with E-state index < -0.39 is 26.1 Å². The number of carboxylic acid groups (broad SMARTS) is 1. The van der Waals surface area contributed by atoms with E-state index >= 15 is 0 Å². The first-order valence-corrected chi connectivity index (χ1v) is 27.4. The number of alkyl carbamates (subject to hydrolysis) is 1. The molecule has 0 radical (unpaired) electrons. The van der Waals surface area contributed by atoms with Crippen LogP contribution in [0.1, 0.15) is 102 Å². The van der Waals surface area contributed by atoms with Gasteiger partial charge in [-0.3, -0.25) is 9.69 Å². The summed E-state index contributed by atoms with van der Waals surface area (Å²) < 4.78 is 18.7. The van der Waals surface area contributed by atoms with Crippen LogP contribution in [-0.2, 0) is 28.5 Å². The Balaban J connectivity index is 0.942. The Morgan fingerprint density at radius 1 is 0.786 bits per heavy atom. The zero-order valence-electron chi connectivity index (χ0n) is 41.9. The van der Waals surface area contributed by atoms with E-state index in [0.29, 0.717) is 50.0 Å². The lowest BCUT2D eigenvalue weighted by molar-refractivity contribution is 0.0490. The summed E-state index contributed by atoms with van der Waals surface area (Å²) in [7, 11) is -2.21. The molecule has 370 valence electrons. The number of ether oxygens (including phenoxy) is 2. The maximum Gasteiger partial charge on any atom is 0.412 e. The van der Waals surface area contributed by atoms with Crippen molar-refractivity contribution in [2.45, 2.75) is 135 Å². The molecular formula is C57H70N4O8Si. The van der Waals surface area contributed by atoms with Gasteiger partial charge in [0.1, 0.15) is 22.8 Å². The number of hydrogen-bond acceptors (Lipinski definition) is 8. The molecule has 70 heavy (non-hydrogen) atoms. The highest BCUT2D eigenvalue weighted by Gasteiger charge is 2.40. The molecule has 0 unspecified atom stereocenters. The normalized spacial score (nSPS) is 15.8. The molecule has 0 aliphatic heterocycles. The Morgan fingerprint density at radius 2 is 1.41 bits per heavy atom. The number of phenolic OH excluding ortho intramolecular Hbond substituents is 1. The number of aromatic nitrogens is 1. The topological polar surface area (TPSA) is 162 Å². The number of fused-ring (bicyclic) bond motifs is 1. The first-order chi connectivity index (χ1) is 33.2. The van der Waals surface area contributed by atoms with E-state index in [0.717, 1.165) is 64.0 Å². The molecular weight excluding hydrogens is 897 g/mol. The highest BCUT2D eigenvalue weighted by atomic mass is 28.4. The standard InChI is InChI=1S/C57H70N4O8Si/c1-56(2,3)68-54(64)59-42-22-24-43(25-23-42)61(55(65)66)49-35-39(21-30-46(49)41-15-10-9-11-16-41)14-12-13-38-17-26-44(27-18-38)67-45-28-19-40(20-29-45)36-58-37-51(69-70(7,8)57(4,5)6)47-31-33-50(62)53-48(47)32-34-52(63)60-53/h9-11,15-21,26-35,42-43,51,58,62H,12-14,22-25,36-37H2,1-8H3,(H,59,64)(H,60,63)(H,65,66)/t42?,43?,51-/m0/s1. The van der Waals surface area contributed by atoms with Crippen LogP contribution in [0, 0.1) is 0 Å². The summed E-state index contributed by atoms with van der Waals surface area (Å²) >= 11 is 0. The highest BCUT2D eigenvalue weighted by Crippen LogP contribution is 2.42. The van der Waals surface area contributed by atoms with Crippen LogP contribution in [0.2, 0.25) is 18.1 Å². The minimum atomic E-state index is -2.21. The molecule has 1 aliphatic carbocycles. The Morgan fingerprint density at radius 3 is 2.04 bits per heavy atom. The largest absolute Gasteiger partial charge is 0.506 e. The van der Waals surface area contributed by atoms with E-state index in [1.165, 1.54) is 11.6 Å². The second kappa shape index (κ2) is 22.1. The average molecular weight is 967 g/mol. The van der Waals surface area contributed by atoms with Crippen LogP contribution in [0.4, 0.5) is 15.3 Å². The van der Waals surface area contributed by atoms with Gasteiger partial charge in [-0.2, -0.15) is 0 Å². The molecule has 5 N–H and O–H groups in total. The molecule has 2 amide bonds. The van der Waals surface area contributed by atoms with Crippen molar-refractivity contribution in [3.63, 3.8) is 0 Å². The average Bonchev–Trinajstić information content (AvgIpc) is 3.30. The minimum Gasteiger partial charge on any atom is -0.506 e. The third-order valence-electron chi connectivity index (χ3n) is 13.6. The number of aromatic hydroxyl groups is 1. The molecule has 12 nitrogen and oxygen atoms in total. The lowest BCUT2D eigenvalue weighted by Gasteiger charge is -2.39. The van der Waals surface area contributed by atoms with E-state index in [1.54, 1.807) is 17.0 Å². The number of amides is 2. The fraction of sp³-hybridized carbons (Fsp3) is 0.386. The highest BCUT2D eigenvalue weighted by molar-refractivity contribution is 6.74. The van der Waals surface area contributed by atoms with Crippen molar-refractivity contribution >= 4 is 37.1 Å². The van der Waals surface area contributed by atoms with Gasteiger partial charge in [0.15, 0.2) is 8.32 Å². The quantitative estimate of drug-likeness (QED) is 0.0560. The van der Waals surface area contributed by atoms with Crippen molar-refractivity contribution in [1.82, 2.24) is 15.6 Å². The predicted molar refractivity (Wildman–Crippen MR) is 282 cm³/mol. The van der Waals surface area contributed by atoms with Gasteiger partial charge >= 0.3 is 12.2 Å².